The topological polar surface area (TPSA) is 62.3 Å². The molecule has 0 amide bonds. The molecule has 4 heteroatoms. The fourth-order valence-electron chi connectivity index (χ4n) is 2.39. The molecule has 3 N–H and O–H groups in total. The number of anilines is 1. The van der Waals surface area contributed by atoms with Gasteiger partial charge in [0.25, 0.3) is 0 Å². The number of ether oxygens (including phenoxy) is 1. The van der Waals surface area contributed by atoms with Crippen LogP contribution in [0.3, 0.4) is 0 Å². The van der Waals surface area contributed by atoms with Crippen molar-refractivity contribution in [2.24, 2.45) is 5.73 Å². The first-order valence-corrected chi connectivity index (χ1v) is 6.44. The number of nitrogen functional groups attached to an aromatic ring is 1. The van der Waals surface area contributed by atoms with Gasteiger partial charge in [-0.1, -0.05) is 12.1 Å². The van der Waals surface area contributed by atoms with Crippen LogP contribution in [0.4, 0.5) is 5.69 Å². The van der Waals surface area contributed by atoms with Gasteiger partial charge in [0.2, 0.25) is 0 Å². The Balaban J connectivity index is 2.08. The molecule has 1 aromatic carbocycles. The van der Waals surface area contributed by atoms with Crippen LogP contribution in [0, 0.1) is 5.41 Å². The molecule has 0 radical (unpaired) electrons. The van der Waals surface area contributed by atoms with Crippen LogP contribution in [0.5, 0.6) is 0 Å². The number of para-hydroxylation sites is 1. The molecule has 1 aromatic rings. The second-order valence-corrected chi connectivity index (χ2v) is 4.80. The van der Waals surface area contributed by atoms with Crippen LogP contribution in [0.25, 0.3) is 0 Å². The van der Waals surface area contributed by atoms with Crippen molar-refractivity contribution in [3.8, 4) is 0 Å². The van der Waals surface area contributed by atoms with Crippen molar-refractivity contribution in [1.82, 2.24) is 0 Å². The predicted octanol–water partition coefficient (Wildman–Crippen LogP) is 1.98. The highest BCUT2D eigenvalue weighted by Gasteiger charge is 2.17. The van der Waals surface area contributed by atoms with Gasteiger partial charge in [0.1, 0.15) is 5.84 Å². The van der Waals surface area contributed by atoms with Crippen LogP contribution in [-0.2, 0) is 4.74 Å². The third kappa shape index (κ3) is 3.01. The molecule has 2 rings (SSSR count). The summed E-state index contributed by atoms with van der Waals surface area (Å²) in [5.74, 6) is 0.113. The maximum absolute atomic E-state index is 7.61. The van der Waals surface area contributed by atoms with Crippen LogP contribution < -0.4 is 10.6 Å². The number of nitrogens with two attached hydrogens (primary N) is 1. The van der Waals surface area contributed by atoms with Gasteiger partial charge in [-0.2, -0.15) is 0 Å². The van der Waals surface area contributed by atoms with E-state index in [9.17, 15) is 0 Å². The number of amidine groups is 1. The number of nitrogens with zero attached hydrogens (tertiary/aromatic N) is 1. The van der Waals surface area contributed by atoms with Crippen LogP contribution >= 0.6 is 0 Å². The average molecular weight is 247 g/mol. The summed E-state index contributed by atoms with van der Waals surface area (Å²) in [6, 6.07) is 7.76. The Kier molecular flexibility index (Phi) is 4.20. The summed E-state index contributed by atoms with van der Waals surface area (Å²) < 4.78 is 5.74. The van der Waals surface area contributed by atoms with Crippen molar-refractivity contribution in [1.29, 1.82) is 5.41 Å². The number of benzene rings is 1. The van der Waals surface area contributed by atoms with Crippen molar-refractivity contribution in [3.63, 3.8) is 0 Å². The van der Waals surface area contributed by atoms with Crippen LogP contribution in [0.1, 0.15) is 24.8 Å². The summed E-state index contributed by atoms with van der Waals surface area (Å²) >= 11 is 0. The Morgan fingerprint density at radius 3 is 2.89 bits per heavy atom. The molecule has 0 bridgehead atoms. The van der Waals surface area contributed by atoms with Gasteiger partial charge in [0.05, 0.1) is 6.10 Å². The molecule has 0 saturated carbocycles. The Morgan fingerprint density at radius 2 is 2.22 bits per heavy atom. The third-order valence-electron chi connectivity index (χ3n) is 3.36. The van der Waals surface area contributed by atoms with E-state index in [2.05, 4.69) is 4.90 Å². The Labute approximate surface area is 108 Å². The van der Waals surface area contributed by atoms with Crippen molar-refractivity contribution in [2.45, 2.75) is 25.4 Å². The van der Waals surface area contributed by atoms with Crippen LogP contribution in [0.2, 0.25) is 0 Å². The minimum Gasteiger partial charge on any atom is -0.384 e. The monoisotopic (exact) mass is 247 g/mol. The summed E-state index contributed by atoms with van der Waals surface area (Å²) in [5.41, 5.74) is 7.40. The summed E-state index contributed by atoms with van der Waals surface area (Å²) in [4.78, 5) is 2.13. The van der Waals surface area contributed by atoms with Gasteiger partial charge in [-0.15, -0.1) is 0 Å². The molecular formula is C14H21N3O. The summed E-state index contributed by atoms with van der Waals surface area (Å²) in [6.45, 7) is 1.72. The predicted molar refractivity (Wildman–Crippen MR) is 74.3 cm³/mol. The normalized spacial score (nSPS) is 19.5. The standard InChI is InChI=1S/C14H21N3O/c1-17(10-11-6-4-5-9-18-11)13-8-3-2-7-12(13)14(15)16/h2-3,7-8,11H,4-6,9-10H2,1H3,(H3,15,16). The molecule has 4 nitrogen and oxygen atoms in total. The first-order chi connectivity index (χ1) is 8.68. The van der Waals surface area contributed by atoms with E-state index in [0.717, 1.165) is 30.8 Å². The number of hydrogen-bond donors (Lipinski definition) is 2. The van der Waals surface area contributed by atoms with E-state index < -0.39 is 0 Å². The van der Waals surface area contributed by atoms with Crippen molar-refractivity contribution < 1.29 is 4.74 Å². The second-order valence-electron chi connectivity index (χ2n) is 4.80. The number of likely N-dealkylation sites (N-methyl/N-ethyl adjacent to an activating group) is 1. The molecule has 0 aromatic heterocycles. The highest BCUT2D eigenvalue weighted by Crippen LogP contribution is 2.21. The quantitative estimate of drug-likeness (QED) is 0.631. The Bertz CT molecular complexity index is 413. The molecule has 1 unspecified atom stereocenters. The van der Waals surface area contributed by atoms with Gasteiger partial charge in [-0.25, -0.2) is 0 Å². The fourth-order valence-corrected chi connectivity index (χ4v) is 2.39. The number of nitrogens with one attached hydrogen (secondary N) is 1. The molecule has 0 spiro atoms. The molecular weight excluding hydrogens is 226 g/mol. The summed E-state index contributed by atoms with van der Waals surface area (Å²) in [5, 5.41) is 7.61. The van der Waals surface area contributed by atoms with E-state index in [0.29, 0.717) is 6.10 Å². The van der Waals surface area contributed by atoms with Gasteiger partial charge in [-0.3, -0.25) is 5.41 Å². The van der Waals surface area contributed by atoms with Crippen LogP contribution in [-0.4, -0.2) is 32.1 Å². The second kappa shape index (κ2) is 5.87. The van der Waals surface area contributed by atoms with Gasteiger partial charge >= 0.3 is 0 Å². The Morgan fingerprint density at radius 1 is 1.44 bits per heavy atom. The third-order valence-corrected chi connectivity index (χ3v) is 3.36. The van der Waals surface area contributed by atoms with Crippen LogP contribution in [0.15, 0.2) is 24.3 Å². The van der Waals surface area contributed by atoms with Gasteiger partial charge in [0, 0.05) is 31.5 Å². The zero-order valence-electron chi connectivity index (χ0n) is 10.9. The molecule has 18 heavy (non-hydrogen) atoms. The van der Waals surface area contributed by atoms with E-state index in [4.69, 9.17) is 15.9 Å². The van der Waals surface area contributed by atoms with Crippen molar-refractivity contribution >= 4 is 11.5 Å². The molecule has 98 valence electrons. The lowest BCUT2D eigenvalue weighted by Gasteiger charge is -2.29. The number of rotatable bonds is 4. The molecule has 1 aliphatic rings. The summed E-state index contributed by atoms with van der Waals surface area (Å²) in [6.07, 6.45) is 3.83. The average Bonchev–Trinajstić information content (AvgIpc) is 2.40. The summed E-state index contributed by atoms with van der Waals surface area (Å²) in [7, 11) is 2.03. The van der Waals surface area contributed by atoms with E-state index in [1.165, 1.54) is 12.8 Å². The molecule has 1 saturated heterocycles. The lowest BCUT2D eigenvalue weighted by molar-refractivity contribution is 0.0216. The van der Waals surface area contributed by atoms with Gasteiger partial charge in [-0.05, 0) is 31.4 Å². The maximum atomic E-state index is 7.61. The highest BCUT2D eigenvalue weighted by molar-refractivity contribution is 6.00. The maximum Gasteiger partial charge on any atom is 0.124 e. The Hall–Kier alpha value is -1.55. The highest BCUT2D eigenvalue weighted by atomic mass is 16.5. The SMILES string of the molecule is CN(CC1CCCCO1)c1ccccc1C(=N)N. The first kappa shape index (κ1) is 12.9. The van der Waals surface area contributed by atoms with E-state index >= 15 is 0 Å². The number of hydrogen-bond acceptors (Lipinski definition) is 3. The lowest BCUT2D eigenvalue weighted by Crippen LogP contribution is -2.34. The molecule has 0 aliphatic carbocycles. The zero-order valence-corrected chi connectivity index (χ0v) is 10.9. The smallest absolute Gasteiger partial charge is 0.124 e. The first-order valence-electron chi connectivity index (χ1n) is 6.44. The van der Waals surface area contributed by atoms with Crippen molar-refractivity contribution in [2.75, 3.05) is 25.1 Å². The molecule has 1 heterocycles. The van der Waals surface area contributed by atoms with Gasteiger partial charge < -0.3 is 15.4 Å². The van der Waals surface area contributed by atoms with Gasteiger partial charge in [0.15, 0.2) is 0 Å². The minimum absolute atomic E-state index is 0.113. The largest absolute Gasteiger partial charge is 0.384 e. The molecule has 1 atom stereocenters. The minimum atomic E-state index is 0.113. The van der Waals surface area contributed by atoms with E-state index in [-0.39, 0.29) is 5.84 Å². The fraction of sp³-hybridized carbons (Fsp3) is 0.500. The zero-order chi connectivity index (χ0) is 13.0. The molecule has 1 aliphatic heterocycles. The van der Waals surface area contributed by atoms with E-state index in [1.54, 1.807) is 0 Å². The van der Waals surface area contributed by atoms with E-state index in [1.807, 2.05) is 31.3 Å². The van der Waals surface area contributed by atoms with Crippen molar-refractivity contribution in [3.05, 3.63) is 29.8 Å². The lowest BCUT2D eigenvalue weighted by atomic mass is 10.1. The molecule has 1 fully saturated rings.